The number of nitrogens with one attached hydrogen (secondary N) is 1. The molecule has 0 aliphatic rings. The van der Waals surface area contributed by atoms with Crippen molar-refractivity contribution in [3.8, 4) is 0 Å². The molecule has 0 amide bonds. The standard InChI is InChI=1S/C13H15ClN4O2S/c1-2-18-11(16-17-13(18)21-8-12(19)20)7-15-10-6-4-3-5-9(10)14/h3-6,15H,2,7-8H2,1H3,(H,19,20). The lowest BCUT2D eigenvalue weighted by molar-refractivity contribution is -0.133. The van der Waals surface area contributed by atoms with Crippen LogP contribution in [0.15, 0.2) is 29.4 Å². The Morgan fingerprint density at radius 2 is 2.19 bits per heavy atom. The fourth-order valence-electron chi connectivity index (χ4n) is 1.78. The van der Waals surface area contributed by atoms with Gasteiger partial charge in [-0.3, -0.25) is 4.79 Å². The van der Waals surface area contributed by atoms with Gasteiger partial charge in [-0.05, 0) is 19.1 Å². The van der Waals surface area contributed by atoms with Crippen molar-refractivity contribution in [3.05, 3.63) is 35.1 Å². The van der Waals surface area contributed by atoms with E-state index in [9.17, 15) is 4.79 Å². The molecule has 0 bridgehead atoms. The monoisotopic (exact) mass is 326 g/mol. The van der Waals surface area contributed by atoms with Crippen LogP contribution in [0, 0.1) is 0 Å². The van der Waals surface area contributed by atoms with Crippen molar-refractivity contribution in [2.75, 3.05) is 11.1 Å². The summed E-state index contributed by atoms with van der Waals surface area (Å²) in [5.41, 5.74) is 0.824. The third-order valence-electron chi connectivity index (χ3n) is 2.75. The molecule has 2 N–H and O–H groups in total. The van der Waals surface area contributed by atoms with Gasteiger partial charge in [0.1, 0.15) is 0 Å². The molecular weight excluding hydrogens is 312 g/mol. The molecular formula is C13H15ClN4O2S. The molecule has 0 radical (unpaired) electrons. The molecule has 112 valence electrons. The van der Waals surface area contributed by atoms with Gasteiger partial charge >= 0.3 is 5.97 Å². The van der Waals surface area contributed by atoms with E-state index in [0.717, 1.165) is 23.3 Å². The van der Waals surface area contributed by atoms with Crippen molar-refractivity contribution in [1.82, 2.24) is 14.8 Å². The van der Waals surface area contributed by atoms with Crippen molar-refractivity contribution < 1.29 is 9.90 Å². The molecule has 6 nitrogen and oxygen atoms in total. The Balaban J connectivity index is 2.06. The average Bonchev–Trinajstić information content (AvgIpc) is 2.86. The number of hydrogen-bond acceptors (Lipinski definition) is 5. The lowest BCUT2D eigenvalue weighted by Crippen LogP contribution is -2.09. The maximum Gasteiger partial charge on any atom is 0.313 e. The van der Waals surface area contributed by atoms with Crippen LogP contribution in [-0.2, 0) is 17.9 Å². The fourth-order valence-corrected chi connectivity index (χ4v) is 2.72. The fraction of sp³-hybridized carbons (Fsp3) is 0.308. The van der Waals surface area contributed by atoms with Crippen LogP contribution < -0.4 is 5.32 Å². The number of anilines is 1. The Kier molecular flexibility index (Phi) is 5.46. The van der Waals surface area contributed by atoms with Gasteiger partial charge in [0.05, 0.1) is 23.0 Å². The van der Waals surface area contributed by atoms with Gasteiger partial charge in [-0.25, -0.2) is 0 Å². The molecule has 0 aliphatic carbocycles. The Morgan fingerprint density at radius 1 is 1.43 bits per heavy atom. The number of aromatic nitrogens is 3. The van der Waals surface area contributed by atoms with Gasteiger partial charge in [0.15, 0.2) is 11.0 Å². The molecule has 2 aromatic rings. The summed E-state index contributed by atoms with van der Waals surface area (Å²) in [6, 6.07) is 7.45. The molecule has 0 atom stereocenters. The summed E-state index contributed by atoms with van der Waals surface area (Å²) in [5, 5.41) is 21.3. The van der Waals surface area contributed by atoms with Crippen molar-refractivity contribution in [2.24, 2.45) is 0 Å². The zero-order valence-corrected chi connectivity index (χ0v) is 13.0. The molecule has 0 unspecified atom stereocenters. The molecule has 1 aromatic carbocycles. The van der Waals surface area contributed by atoms with Gasteiger partial charge in [0.2, 0.25) is 0 Å². The van der Waals surface area contributed by atoms with Gasteiger partial charge in [-0.15, -0.1) is 10.2 Å². The Labute approximate surface area is 131 Å². The molecule has 0 aliphatic heterocycles. The number of thioether (sulfide) groups is 1. The summed E-state index contributed by atoms with van der Waals surface area (Å²) in [4.78, 5) is 10.6. The van der Waals surface area contributed by atoms with Gasteiger partial charge in [0, 0.05) is 6.54 Å². The van der Waals surface area contributed by atoms with Gasteiger partial charge in [-0.1, -0.05) is 35.5 Å². The number of rotatable bonds is 7. The van der Waals surface area contributed by atoms with Crippen LogP contribution >= 0.6 is 23.4 Å². The first-order valence-corrected chi connectivity index (χ1v) is 7.73. The lowest BCUT2D eigenvalue weighted by atomic mass is 10.3. The second-order valence-electron chi connectivity index (χ2n) is 4.16. The summed E-state index contributed by atoms with van der Waals surface area (Å²) in [7, 11) is 0. The van der Waals surface area contributed by atoms with E-state index in [1.807, 2.05) is 35.8 Å². The first-order valence-electron chi connectivity index (χ1n) is 6.37. The quantitative estimate of drug-likeness (QED) is 0.762. The summed E-state index contributed by atoms with van der Waals surface area (Å²) < 4.78 is 1.89. The number of carboxylic acids is 1. The largest absolute Gasteiger partial charge is 0.481 e. The number of carbonyl (C=O) groups is 1. The highest BCUT2D eigenvalue weighted by Gasteiger charge is 2.12. The van der Waals surface area contributed by atoms with E-state index in [-0.39, 0.29) is 5.75 Å². The summed E-state index contributed by atoms with van der Waals surface area (Å²) >= 11 is 7.24. The molecule has 8 heteroatoms. The SMILES string of the molecule is CCn1c(CNc2ccccc2Cl)nnc1SCC(=O)O. The van der Waals surface area contributed by atoms with E-state index < -0.39 is 5.97 Å². The van der Waals surface area contributed by atoms with Crippen LogP contribution in [-0.4, -0.2) is 31.6 Å². The van der Waals surface area contributed by atoms with Crippen LogP contribution in [0.2, 0.25) is 5.02 Å². The van der Waals surface area contributed by atoms with E-state index >= 15 is 0 Å². The molecule has 0 saturated carbocycles. The minimum atomic E-state index is -0.874. The highest BCUT2D eigenvalue weighted by atomic mass is 35.5. The Hall–Kier alpha value is -1.73. The topological polar surface area (TPSA) is 80.0 Å². The second kappa shape index (κ2) is 7.33. The number of nitrogens with zero attached hydrogens (tertiary/aromatic N) is 3. The summed E-state index contributed by atoms with van der Waals surface area (Å²) in [6.07, 6.45) is 0. The van der Waals surface area contributed by atoms with E-state index in [1.165, 1.54) is 0 Å². The number of benzene rings is 1. The summed E-state index contributed by atoms with van der Waals surface area (Å²) in [5.74, 6) is -0.164. The molecule has 1 aromatic heterocycles. The maximum absolute atomic E-state index is 10.6. The summed E-state index contributed by atoms with van der Waals surface area (Å²) in [6.45, 7) is 3.11. The minimum Gasteiger partial charge on any atom is -0.481 e. The van der Waals surface area contributed by atoms with Crippen LogP contribution in [0.3, 0.4) is 0 Å². The normalized spacial score (nSPS) is 10.6. The van der Waals surface area contributed by atoms with Crippen LogP contribution in [0.1, 0.15) is 12.7 Å². The van der Waals surface area contributed by atoms with Crippen molar-refractivity contribution >= 4 is 35.0 Å². The third-order valence-corrected chi connectivity index (χ3v) is 4.03. The molecule has 21 heavy (non-hydrogen) atoms. The van der Waals surface area contributed by atoms with E-state index in [1.54, 1.807) is 0 Å². The predicted octanol–water partition coefficient (Wildman–Crippen LogP) is 2.74. The first kappa shape index (κ1) is 15.7. The average molecular weight is 327 g/mol. The maximum atomic E-state index is 10.6. The zero-order valence-electron chi connectivity index (χ0n) is 11.4. The van der Waals surface area contributed by atoms with Crippen LogP contribution in [0.5, 0.6) is 0 Å². The first-order chi connectivity index (χ1) is 10.1. The highest BCUT2D eigenvalue weighted by molar-refractivity contribution is 7.99. The number of carboxylic acid groups (broad SMARTS) is 1. The number of halogens is 1. The number of para-hydroxylation sites is 1. The van der Waals surface area contributed by atoms with Crippen LogP contribution in [0.25, 0.3) is 0 Å². The highest BCUT2D eigenvalue weighted by Crippen LogP contribution is 2.22. The van der Waals surface area contributed by atoms with E-state index in [2.05, 4.69) is 15.5 Å². The van der Waals surface area contributed by atoms with E-state index in [0.29, 0.717) is 23.3 Å². The van der Waals surface area contributed by atoms with Gasteiger partial charge < -0.3 is 15.0 Å². The van der Waals surface area contributed by atoms with Gasteiger partial charge in [0.25, 0.3) is 0 Å². The predicted molar refractivity (Wildman–Crippen MR) is 82.8 cm³/mol. The molecule has 0 spiro atoms. The van der Waals surface area contributed by atoms with Crippen LogP contribution in [0.4, 0.5) is 5.69 Å². The van der Waals surface area contributed by atoms with Gasteiger partial charge in [-0.2, -0.15) is 0 Å². The zero-order chi connectivity index (χ0) is 15.2. The smallest absolute Gasteiger partial charge is 0.313 e. The molecule has 0 saturated heterocycles. The Bertz CT molecular complexity index is 632. The van der Waals surface area contributed by atoms with Crippen molar-refractivity contribution in [2.45, 2.75) is 25.2 Å². The minimum absolute atomic E-state index is 0.0317. The van der Waals surface area contributed by atoms with Crippen molar-refractivity contribution in [3.63, 3.8) is 0 Å². The molecule has 2 rings (SSSR count). The van der Waals surface area contributed by atoms with Crippen molar-refractivity contribution in [1.29, 1.82) is 0 Å². The third kappa shape index (κ3) is 4.12. The molecule has 1 heterocycles. The lowest BCUT2D eigenvalue weighted by Gasteiger charge is -2.09. The Morgan fingerprint density at radius 3 is 2.86 bits per heavy atom. The number of hydrogen-bond donors (Lipinski definition) is 2. The second-order valence-corrected chi connectivity index (χ2v) is 5.51. The number of aliphatic carboxylic acids is 1. The molecule has 0 fully saturated rings. The van der Waals surface area contributed by atoms with E-state index in [4.69, 9.17) is 16.7 Å².